The molecule has 5 nitrogen and oxygen atoms in total. The number of fused-ring (bicyclic) bond motifs is 2. The van der Waals surface area contributed by atoms with Crippen molar-refractivity contribution in [1.82, 2.24) is 0 Å². The molecule has 51 heavy (non-hydrogen) atoms. The Morgan fingerprint density at radius 1 is 0.784 bits per heavy atom. The van der Waals surface area contributed by atoms with Crippen LogP contribution in [0.3, 0.4) is 0 Å². The molecule has 6 aliphatic rings. The van der Waals surface area contributed by atoms with Gasteiger partial charge < -0.3 is 18.9 Å². The van der Waals surface area contributed by atoms with Crippen LogP contribution in [-0.2, 0) is 29.9 Å². The molecule has 0 radical (unpaired) electrons. The SMILES string of the molecule is CC(F)(F)C(=O)OC12CC3CC(C1)C1(OCC(F)(F)C(F)(F)CO1)C(C3)C2.II(I)I.c1ccc([S+]2c3ccccc3Oc3ccccc32)cc1. The molecule has 3 aromatic rings. The van der Waals surface area contributed by atoms with Gasteiger partial charge in [-0.15, -0.1) is 0 Å². The van der Waals surface area contributed by atoms with Crippen LogP contribution in [0.25, 0.3) is 0 Å². The fourth-order valence-electron chi connectivity index (χ4n) is 7.85. The standard InChI is InChI=1S/C18H13OS.C17H20F6O4.I4/c1-2-8-14(9-3-1)20-17-12-6-4-10-15(17)19-16-11-5-7-13-18(16)20;1-13(18,19)12(24)27-14-4-9-2-10(5-14)17(11(3-9)6-14)25-7-15(20,21)16(22,23)8-26-17;1-4(2)3/h1-13H;9-11H,2-8H2,1H3;/q+1;;. The van der Waals surface area contributed by atoms with Gasteiger partial charge in [0.05, 0.1) is 0 Å². The number of hydrogen-bond donors (Lipinski definition) is 0. The summed E-state index contributed by atoms with van der Waals surface area (Å²) >= 11 is 7.42. The van der Waals surface area contributed by atoms with E-state index in [0.717, 1.165) is 11.5 Å². The van der Waals surface area contributed by atoms with Crippen LogP contribution in [0.2, 0.25) is 0 Å². The summed E-state index contributed by atoms with van der Waals surface area (Å²) < 4.78 is 103. The molecule has 3 aromatic carbocycles. The van der Waals surface area contributed by atoms with E-state index in [-0.39, 0.29) is 37.5 Å². The number of esters is 1. The third-order valence-corrected chi connectivity index (χ3v) is 12.1. The molecule has 4 aliphatic carbocycles. The van der Waals surface area contributed by atoms with Gasteiger partial charge in [-0.1, -0.05) is 42.5 Å². The number of halogens is 10. The van der Waals surface area contributed by atoms with Gasteiger partial charge in [0.15, 0.2) is 22.2 Å². The smallest absolute Gasteiger partial charge is 0.209 e. The normalized spacial score (nSPS) is 28.0. The van der Waals surface area contributed by atoms with Gasteiger partial charge in [0.25, 0.3) is 0 Å². The quantitative estimate of drug-likeness (QED) is 0.0886. The maximum atomic E-state index is 13.7. The van der Waals surface area contributed by atoms with Crippen molar-refractivity contribution in [3.8, 4) is 11.5 Å². The van der Waals surface area contributed by atoms with Crippen LogP contribution in [0.15, 0.2) is 93.5 Å². The van der Waals surface area contributed by atoms with Gasteiger partial charge in [-0.2, -0.15) is 26.3 Å². The molecule has 0 amide bonds. The van der Waals surface area contributed by atoms with Crippen LogP contribution in [-0.4, -0.2) is 48.3 Å². The van der Waals surface area contributed by atoms with Crippen LogP contribution in [0.1, 0.15) is 39.0 Å². The third-order valence-electron chi connectivity index (χ3n) is 9.77. The van der Waals surface area contributed by atoms with E-state index in [0.29, 0.717) is 26.2 Å². The molecule has 0 N–H and O–H groups in total. The Kier molecular flexibility index (Phi) is 12.4. The van der Waals surface area contributed by atoms with E-state index in [1.807, 2.05) is 24.3 Å². The van der Waals surface area contributed by atoms with Crippen molar-refractivity contribution in [3.05, 3.63) is 78.9 Å². The first kappa shape index (κ1) is 40.4. The zero-order chi connectivity index (χ0) is 36.8. The number of carbonyl (C=O) groups is 1. The number of benzene rings is 3. The molecule has 5 fully saturated rings. The van der Waals surface area contributed by atoms with E-state index in [2.05, 4.69) is 110 Å². The summed E-state index contributed by atoms with van der Waals surface area (Å²) in [4.78, 5) is 15.6. The molecule has 4 bridgehead atoms. The molecule has 278 valence electrons. The number of rotatable bonds is 3. The Morgan fingerprint density at radius 3 is 1.71 bits per heavy atom. The summed E-state index contributed by atoms with van der Waals surface area (Å²) in [6.07, 6.45) is 1.47. The van der Waals surface area contributed by atoms with Gasteiger partial charge in [0.2, 0.25) is 9.79 Å². The molecule has 1 spiro atoms. The molecule has 2 aliphatic heterocycles. The fraction of sp³-hybridized carbons (Fsp3) is 0.457. The molecule has 2 unspecified atom stereocenters. The van der Waals surface area contributed by atoms with E-state index >= 15 is 0 Å². The van der Waals surface area contributed by atoms with Gasteiger partial charge in [0.1, 0.15) is 29.7 Å². The predicted molar refractivity (Wildman–Crippen MR) is 215 cm³/mol. The summed E-state index contributed by atoms with van der Waals surface area (Å²) in [5, 5.41) is 0. The van der Waals surface area contributed by atoms with Crippen LogP contribution in [0, 0.1) is 17.8 Å². The minimum Gasteiger partial charge on any atom is -0.447 e. The Morgan fingerprint density at radius 2 is 1.24 bits per heavy atom. The number of carbonyl (C=O) groups excluding carboxylic acids is 1. The van der Waals surface area contributed by atoms with Crippen LogP contribution >= 0.6 is 63.7 Å². The minimum atomic E-state index is -4.36. The number of para-hydroxylation sites is 2. The van der Waals surface area contributed by atoms with Gasteiger partial charge in [-0.25, -0.2) is 4.79 Å². The van der Waals surface area contributed by atoms with Crippen molar-refractivity contribution < 1.29 is 50.1 Å². The van der Waals surface area contributed by atoms with Crippen molar-refractivity contribution in [2.75, 3.05) is 13.2 Å². The van der Waals surface area contributed by atoms with E-state index in [4.69, 9.17) is 18.9 Å². The van der Waals surface area contributed by atoms with Crippen molar-refractivity contribution in [3.63, 3.8) is 0 Å². The monoisotopic (exact) mass is 1190 g/mol. The second-order valence-corrected chi connectivity index (χ2v) is 64.0. The third kappa shape index (κ3) is 8.60. The van der Waals surface area contributed by atoms with Crippen LogP contribution < -0.4 is 4.74 Å². The molecule has 2 atom stereocenters. The Balaban J connectivity index is 0.000000164. The summed E-state index contributed by atoms with van der Waals surface area (Å²) in [6, 6.07) is 27.3. The van der Waals surface area contributed by atoms with Crippen molar-refractivity contribution in [2.24, 2.45) is 17.8 Å². The largest absolute Gasteiger partial charge is 0.447 e. The van der Waals surface area contributed by atoms with Gasteiger partial charge in [0, 0.05) is 18.8 Å². The fourth-order valence-corrected chi connectivity index (χ4v) is 10.1. The maximum absolute atomic E-state index is 13.7. The van der Waals surface area contributed by atoms with Gasteiger partial charge >= 0.3 is 87.5 Å². The van der Waals surface area contributed by atoms with Crippen molar-refractivity contribution >= 4 is 80.6 Å². The average molecular weight is 1190 g/mol. The van der Waals surface area contributed by atoms with Gasteiger partial charge in [-0.05, 0) is 74.4 Å². The zero-order valence-electron chi connectivity index (χ0n) is 26.9. The summed E-state index contributed by atoms with van der Waals surface area (Å²) in [6.45, 7) is -2.51. The number of hydrogen-bond acceptors (Lipinski definition) is 5. The summed E-state index contributed by atoms with van der Waals surface area (Å²) in [5.41, 5.74) is -1.15. The molecule has 16 heteroatoms. The topological polar surface area (TPSA) is 54.0 Å². The molecule has 0 aromatic heterocycles. The average Bonchev–Trinajstić information content (AvgIpc) is 3.15. The van der Waals surface area contributed by atoms with Crippen LogP contribution in [0.5, 0.6) is 11.5 Å². The first-order valence-electron chi connectivity index (χ1n) is 15.9. The maximum Gasteiger partial charge on any atom is 0.209 e. The van der Waals surface area contributed by atoms with E-state index in [1.165, 1.54) is 14.7 Å². The summed E-state index contributed by atoms with van der Waals surface area (Å²) in [5.74, 6) is -14.8. The minimum absolute atomic E-state index is 0.0166. The second-order valence-electron chi connectivity index (χ2n) is 13.3. The Bertz CT molecular complexity index is 1630. The molecule has 1 saturated heterocycles. The predicted octanol–water partition coefficient (Wildman–Crippen LogP) is 12.2. The van der Waals surface area contributed by atoms with Crippen molar-refractivity contribution in [1.29, 1.82) is 0 Å². The summed E-state index contributed by atoms with van der Waals surface area (Å²) in [7, 11) is -0.436. The number of alkyl halides is 6. The number of ether oxygens (including phenoxy) is 4. The Labute approximate surface area is 331 Å². The van der Waals surface area contributed by atoms with E-state index in [1.54, 1.807) is 0 Å². The molecular weight excluding hydrogens is 1150 g/mol. The molecular formula is C35H33F6I4O5S+. The molecule has 9 rings (SSSR count). The van der Waals surface area contributed by atoms with E-state index < -0.39 is 60.2 Å². The van der Waals surface area contributed by atoms with E-state index in [9.17, 15) is 31.1 Å². The second kappa shape index (κ2) is 15.7. The van der Waals surface area contributed by atoms with Gasteiger partial charge in [-0.3, -0.25) is 0 Å². The molecule has 4 saturated carbocycles. The van der Waals surface area contributed by atoms with Crippen molar-refractivity contribution in [2.45, 2.75) is 82.9 Å². The first-order chi connectivity index (χ1) is 24.0. The molecule has 2 heterocycles. The van der Waals surface area contributed by atoms with Crippen LogP contribution in [0.4, 0.5) is 26.3 Å². The first-order valence-corrected chi connectivity index (χ1v) is 36.0. The Hall–Kier alpha value is -0.300. The zero-order valence-corrected chi connectivity index (χ0v) is 36.4.